The van der Waals surface area contributed by atoms with Crippen molar-refractivity contribution in [2.24, 2.45) is 0 Å². The molecule has 1 aromatic heterocycles. The predicted molar refractivity (Wildman–Crippen MR) is 75.7 cm³/mol. The van der Waals surface area contributed by atoms with E-state index in [0.29, 0.717) is 17.8 Å². The molecule has 0 fully saturated rings. The summed E-state index contributed by atoms with van der Waals surface area (Å²) < 4.78 is 5.12. The third-order valence-corrected chi connectivity index (χ3v) is 3.13. The number of phenols is 1. The fourth-order valence-corrected chi connectivity index (χ4v) is 2.02. The lowest BCUT2D eigenvalue weighted by molar-refractivity contribution is 0.170. The first-order valence-corrected chi connectivity index (χ1v) is 6.56. The first kappa shape index (κ1) is 13.3. The normalized spacial score (nSPS) is 12.2. The van der Waals surface area contributed by atoms with Crippen LogP contribution in [-0.2, 0) is 6.42 Å². The molecule has 5 nitrogen and oxygen atoms in total. The Labute approximate surface area is 121 Å². The molecule has 0 bridgehead atoms. The van der Waals surface area contributed by atoms with E-state index in [9.17, 15) is 10.2 Å². The van der Waals surface area contributed by atoms with Gasteiger partial charge in [-0.2, -0.15) is 4.98 Å². The van der Waals surface area contributed by atoms with Crippen LogP contribution in [0.1, 0.15) is 28.9 Å². The summed E-state index contributed by atoms with van der Waals surface area (Å²) in [5.41, 5.74) is 1.66. The van der Waals surface area contributed by atoms with E-state index in [1.54, 1.807) is 36.4 Å². The number of phenolic OH excluding ortho intramolecular Hbond substituents is 1. The molecule has 0 saturated heterocycles. The molecule has 0 saturated carbocycles. The van der Waals surface area contributed by atoms with Crippen molar-refractivity contribution in [1.29, 1.82) is 0 Å². The van der Waals surface area contributed by atoms with Crippen LogP contribution in [-0.4, -0.2) is 20.4 Å². The topological polar surface area (TPSA) is 79.4 Å². The Bertz CT molecular complexity index is 708. The smallest absolute Gasteiger partial charge is 0.260 e. The molecule has 0 spiro atoms. The van der Waals surface area contributed by atoms with Gasteiger partial charge in [-0.15, -0.1) is 0 Å². The molecule has 3 aromatic rings. The summed E-state index contributed by atoms with van der Waals surface area (Å²) in [5, 5.41) is 23.3. The first-order valence-electron chi connectivity index (χ1n) is 6.56. The van der Waals surface area contributed by atoms with Crippen molar-refractivity contribution in [3.8, 4) is 5.75 Å². The molecule has 106 valence electrons. The molecular formula is C16H14N2O3. The van der Waals surface area contributed by atoms with Crippen molar-refractivity contribution >= 4 is 0 Å². The molecule has 1 heterocycles. The van der Waals surface area contributed by atoms with E-state index in [-0.39, 0.29) is 11.6 Å². The summed E-state index contributed by atoms with van der Waals surface area (Å²) in [4.78, 5) is 4.21. The zero-order valence-electron chi connectivity index (χ0n) is 11.2. The number of benzene rings is 2. The number of hydrogen-bond donors (Lipinski definition) is 2. The highest BCUT2D eigenvalue weighted by molar-refractivity contribution is 5.28. The average Bonchev–Trinajstić information content (AvgIpc) is 2.98. The van der Waals surface area contributed by atoms with E-state index in [0.717, 1.165) is 5.56 Å². The Balaban J connectivity index is 1.75. The summed E-state index contributed by atoms with van der Waals surface area (Å²) in [6.07, 6.45) is -0.446. The van der Waals surface area contributed by atoms with Crippen molar-refractivity contribution in [1.82, 2.24) is 10.1 Å². The summed E-state index contributed by atoms with van der Waals surface area (Å²) >= 11 is 0. The Hall–Kier alpha value is -2.66. The minimum atomic E-state index is -0.924. The van der Waals surface area contributed by atoms with Gasteiger partial charge in [-0.05, 0) is 23.3 Å². The van der Waals surface area contributed by atoms with Gasteiger partial charge in [-0.25, -0.2) is 0 Å². The van der Waals surface area contributed by atoms with Gasteiger partial charge in [0.1, 0.15) is 5.75 Å². The van der Waals surface area contributed by atoms with Crippen molar-refractivity contribution in [3.05, 3.63) is 77.4 Å². The van der Waals surface area contributed by atoms with Crippen molar-refractivity contribution < 1.29 is 14.7 Å². The maximum absolute atomic E-state index is 10.2. The zero-order chi connectivity index (χ0) is 14.7. The minimum absolute atomic E-state index is 0.176. The van der Waals surface area contributed by atoms with Crippen LogP contribution in [0, 0.1) is 0 Å². The Morgan fingerprint density at radius 2 is 1.71 bits per heavy atom. The van der Waals surface area contributed by atoms with Crippen LogP contribution in [0.25, 0.3) is 0 Å². The third-order valence-electron chi connectivity index (χ3n) is 3.13. The van der Waals surface area contributed by atoms with Gasteiger partial charge >= 0.3 is 0 Å². The van der Waals surface area contributed by atoms with Gasteiger partial charge in [0.05, 0.1) is 0 Å². The number of rotatable bonds is 4. The number of aliphatic hydroxyl groups is 1. The summed E-state index contributed by atoms with van der Waals surface area (Å²) in [6.45, 7) is 0. The van der Waals surface area contributed by atoms with E-state index < -0.39 is 6.10 Å². The molecular weight excluding hydrogens is 268 g/mol. The van der Waals surface area contributed by atoms with Gasteiger partial charge in [0.25, 0.3) is 5.89 Å². The molecule has 5 heteroatoms. The molecule has 21 heavy (non-hydrogen) atoms. The lowest BCUT2D eigenvalue weighted by Crippen LogP contribution is -2.00. The van der Waals surface area contributed by atoms with Crippen molar-refractivity contribution in [2.75, 3.05) is 0 Å². The SMILES string of the molecule is Oc1ccc(Cc2noc(C(O)c3ccccc3)n2)cc1. The van der Waals surface area contributed by atoms with Gasteiger partial charge in [-0.3, -0.25) is 0 Å². The van der Waals surface area contributed by atoms with Crippen LogP contribution < -0.4 is 0 Å². The van der Waals surface area contributed by atoms with Crippen LogP contribution in [0.5, 0.6) is 5.75 Å². The Morgan fingerprint density at radius 1 is 1.00 bits per heavy atom. The molecule has 2 N–H and O–H groups in total. The second kappa shape index (κ2) is 5.76. The average molecular weight is 282 g/mol. The number of aromatic hydroxyl groups is 1. The number of aromatic nitrogens is 2. The maximum Gasteiger partial charge on any atom is 0.260 e. The molecule has 0 radical (unpaired) electrons. The molecule has 0 aliphatic carbocycles. The molecule has 1 unspecified atom stereocenters. The van der Waals surface area contributed by atoms with Gasteiger partial charge < -0.3 is 14.7 Å². The second-order valence-corrected chi connectivity index (χ2v) is 4.71. The summed E-state index contributed by atoms with van der Waals surface area (Å²) in [6, 6.07) is 15.9. The minimum Gasteiger partial charge on any atom is -0.508 e. The van der Waals surface area contributed by atoms with Crippen molar-refractivity contribution in [3.63, 3.8) is 0 Å². The number of nitrogens with zero attached hydrogens (tertiary/aromatic N) is 2. The molecule has 1 atom stereocenters. The lowest BCUT2D eigenvalue weighted by Gasteiger charge is -2.04. The molecule has 2 aromatic carbocycles. The molecule has 3 rings (SSSR count). The zero-order valence-corrected chi connectivity index (χ0v) is 11.2. The van der Waals surface area contributed by atoms with E-state index in [4.69, 9.17) is 4.52 Å². The van der Waals surface area contributed by atoms with Gasteiger partial charge in [0.15, 0.2) is 11.9 Å². The van der Waals surface area contributed by atoms with Crippen LogP contribution in [0.4, 0.5) is 0 Å². The van der Waals surface area contributed by atoms with Crippen LogP contribution in [0.15, 0.2) is 59.1 Å². The largest absolute Gasteiger partial charge is 0.508 e. The fraction of sp³-hybridized carbons (Fsp3) is 0.125. The third kappa shape index (κ3) is 3.09. The van der Waals surface area contributed by atoms with Gasteiger partial charge in [-0.1, -0.05) is 47.6 Å². The highest BCUT2D eigenvalue weighted by atomic mass is 16.5. The quantitative estimate of drug-likeness (QED) is 0.768. The van der Waals surface area contributed by atoms with Crippen LogP contribution >= 0.6 is 0 Å². The lowest BCUT2D eigenvalue weighted by atomic mass is 10.1. The van der Waals surface area contributed by atoms with E-state index in [2.05, 4.69) is 10.1 Å². The maximum atomic E-state index is 10.2. The second-order valence-electron chi connectivity index (χ2n) is 4.71. The summed E-state index contributed by atoms with van der Waals surface area (Å²) in [5.74, 6) is 0.882. The fourth-order valence-electron chi connectivity index (χ4n) is 2.02. The van der Waals surface area contributed by atoms with E-state index in [1.165, 1.54) is 0 Å². The molecule has 0 amide bonds. The van der Waals surface area contributed by atoms with E-state index >= 15 is 0 Å². The van der Waals surface area contributed by atoms with Gasteiger partial charge in [0.2, 0.25) is 0 Å². The van der Waals surface area contributed by atoms with Crippen LogP contribution in [0.2, 0.25) is 0 Å². The van der Waals surface area contributed by atoms with Gasteiger partial charge in [0, 0.05) is 6.42 Å². The highest BCUT2D eigenvalue weighted by Crippen LogP contribution is 2.20. The predicted octanol–water partition coefficient (Wildman–Crippen LogP) is 2.45. The molecule has 0 aliphatic rings. The standard InChI is InChI=1S/C16H14N2O3/c19-13-8-6-11(7-9-13)10-14-17-16(21-18-14)15(20)12-4-2-1-3-5-12/h1-9,15,19-20H,10H2. The number of hydrogen-bond acceptors (Lipinski definition) is 5. The van der Waals surface area contributed by atoms with E-state index in [1.807, 2.05) is 18.2 Å². The summed E-state index contributed by atoms with van der Waals surface area (Å²) in [7, 11) is 0. The monoisotopic (exact) mass is 282 g/mol. The molecule has 0 aliphatic heterocycles. The van der Waals surface area contributed by atoms with Crippen LogP contribution in [0.3, 0.4) is 0 Å². The Morgan fingerprint density at radius 3 is 2.43 bits per heavy atom. The number of aliphatic hydroxyl groups excluding tert-OH is 1. The van der Waals surface area contributed by atoms with Crippen molar-refractivity contribution in [2.45, 2.75) is 12.5 Å². The Kier molecular flexibility index (Phi) is 3.66. The highest BCUT2D eigenvalue weighted by Gasteiger charge is 2.17. The first-order chi connectivity index (χ1) is 10.2.